The molecule has 0 aromatic carbocycles. The molecule has 0 aromatic rings. The molecule has 0 spiro atoms. The third-order valence-corrected chi connectivity index (χ3v) is 8.80. The van der Waals surface area contributed by atoms with Crippen LogP contribution in [0.5, 0.6) is 0 Å². The van der Waals surface area contributed by atoms with Crippen molar-refractivity contribution >= 4 is 18.6 Å². The van der Waals surface area contributed by atoms with E-state index in [2.05, 4.69) is 0 Å². The van der Waals surface area contributed by atoms with Gasteiger partial charge in [-0.1, -0.05) is 6.92 Å². The van der Waals surface area contributed by atoms with Crippen molar-refractivity contribution in [2.45, 2.75) is 58.1 Å². The van der Waals surface area contributed by atoms with E-state index in [0.29, 0.717) is 39.1 Å². The molecule has 126 valence electrons. The van der Waals surface area contributed by atoms with E-state index in [4.69, 9.17) is 18.0 Å². The van der Waals surface area contributed by atoms with Crippen LogP contribution in [0.25, 0.3) is 0 Å². The van der Waals surface area contributed by atoms with Gasteiger partial charge in [-0.25, -0.2) is 8.42 Å². The molecule has 1 aliphatic rings. The summed E-state index contributed by atoms with van der Waals surface area (Å²) < 4.78 is 47.3. The quantitative estimate of drug-likeness (QED) is 0.566. The van der Waals surface area contributed by atoms with Gasteiger partial charge < -0.3 is 18.0 Å². The number of hydrogen-bond donors (Lipinski definition) is 0. The average Bonchev–Trinajstić information content (AvgIpc) is 2.75. The highest BCUT2D eigenvalue weighted by Crippen LogP contribution is 2.28. The van der Waals surface area contributed by atoms with Crippen LogP contribution in [0.1, 0.15) is 47.0 Å². The summed E-state index contributed by atoms with van der Waals surface area (Å²) in [4.78, 5) is 0. The third kappa shape index (κ3) is 4.74. The van der Waals surface area contributed by atoms with E-state index in [0.717, 1.165) is 0 Å². The summed E-state index contributed by atoms with van der Waals surface area (Å²) >= 11 is 0. The molecule has 8 heteroatoms. The van der Waals surface area contributed by atoms with E-state index in [1.807, 2.05) is 27.7 Å². The van der Waals surface area contributed by atoms with Crippen molar-refractivity contribution in [3.8, 4) is 0 Å². The first-order valence-corrected chi connectivity index (χ1v) is 11.3. The standard InChI is InChI=1S/C13H28O6SSi/c1-5-13(19-12-10-9-11-20(12,14)15)21(16-6-2,17-7-3)18-8-4/h12-13H,5-11H2,1-4H3. The predicted octanol–water partition coefficient (Wildman–Crippen LogP) is 1.90. The summed E-state index contributed by atoms with van der Waals surface area (Å²) in [6.45, 7) is 8.90. The lowest BCUT2D eigenvalue weighted by molar-refractivity contribution is -0.0211. The van der Waals surface area contributed by atoms with Crippen LogP contribution in [0.3, 0.4) is 0 Å². The number of rotatable bonds is 10. The fourth-order valence-corrected chi connectivity index (χ4v) is 7.14. The number of sulfone groups is 1. The van der Waals surface area contributed by atoms with Crippen molar-refractivity contribution < 1.29 is 26.4 Å². The Morgan fingerprint density at radius 2 is 1.57 bits per heavy atom. The Kier molecular flexibility index (Phi) is 7.79. The maximum Gasteiger partial charge on any atom is 0.531 e. The van der Waals surface area contributed by atoms with Crippen molar-refractivity contribution in [1.82, 2.24) is 0 Å². The van der Waals surface area contributed by atoms with E-state index in [-0.39, 0.29) is 5.75 Å². The first-order chi connectivity index (χ1) is 9.95. The Morgan fingerprint density at radius 3 is 1.90 bits per heavy atom. The maximum atomic E-state index is 12.0. The summed E-state index contributed by atoms with van der Waals surface area (Å²) in [6.07, 6.45) is 1.78. The van der Waals surface area contributed by atoms with Gasteiger partial charge in [-0.15, -0.1) is 0 Å². The molecule has 0 aliphatic carbocycles. The molecular weight excluding hydrogens is 312 g/mol. The summed E-state index contributed by atoms with van der Waals surface area (Å²) in [7, 11) is -6.21. The average molecular weight is 341 g/mol. The van der Waals surface area contributed by atoms with Crippen LogP contribution < -0.4 is 0 Å². The molecule has 1 aliphatic heterocycles. The molecule has 21 heavy (non-hydrogen) atoms. The molecule has 0 amide bonds. The summed E-state index contributed by atoms with van der Waals surface area (Å²) in [5.74, 6) is 0.195. The Balaban J connectivity index is 2.94. The Hall–Kier alpha value is 0.00688. The van der Waals surface area contributed by atoms with E-state index in [1.165, 1.54) is 0 Å². The van der Waals surface area contributed by atoms with Gasteiger partial charge in [0.1, 0.15) is 5.73 Å². The molecule has 0 aromatic heterocycles. The largest absolute Gasteiger partial charge is 0.531 e. The SMILES string of the molecule is CCO[Si](OCC)(OCC)C(CC)OC1CCCS1(=O)=O. The number of hydrogen-bond acceptors (Lipinski definition) is 6. The highest BCUT2D eigenvalue weighted by molar-refractivity contribution is 7.92. The van der Waals surface area contributed by atoms with E-state index >= 15 is 0 Å². The number of ether oxygens (including phenoxy) is 1. The normalized spacial score (nSPS) is 23.3. The molecule has 2 unspecified atom stereocenters. The molecule has 1 rings (SSSR count). The predicted molar refractivity (Wildman–Crippen MR) is 82.6 cm³/mol. The highest BCUT2D eigenvalue weighted by atomic mass is 32.2. The van der Waals surface area contributed by atoms with Gasteiger partial charge in [-0.2, -0.15) is 0 Å². The van der Waals surface area contributed by atoms with Gasteiger partial charge in [-0.05, 0) is 40.0 Å². The Morgan fingerprint density at radius 1 is 1.05 bits per heavy atom. The lowest BCUT2D eigenvalue weighted by Crippen LogP contribution is -2.58. The van der Waals surface area contributed by atoms with Crippen LogP contribution in [0.4, 0.5) is 0 Å². The molecule has 2 atom stereocenters. The Labute approximate surface area is 129 Å². The monoisotopic (exact) mass is 340 g/mol. The van der Waals surface area contributed by atoms with Crippen LogP contribution in [0.15, 0.2) is 0 Å². The molecule has 1 fully saturated rings. The van der Waals surface area contributed by atoms with Crippen molar-refractivity contribution in [1.29, 1.82) is 0 Å². The molecule has 0 radical (unpaired) electrons. The molecule has 0 N–H and O–H groups in total. The second-order valence-corrected chi connectivity index (χ2v) is 9.85. The van der Waals surface area contributed by atoms with Crippen LogP contribution in [0, 0.1) is 0 Å². The van der Waals surface area contributed by atoms with Crippen LogP contribution in [-0.2, 0) is 27.9 Å². The van der Waals surface area contributed by atoms with Gasteiger partial charge in [-0.3, -0.25) is 0 Å². The van der Waals surface area contributed by atoms with Gasteiger partial charge in [0.15, 0.2) is 15.3 Å². The van der Waals surface area contributed by atoms with Gasteiger partial charge >= 0.3 is 8.80 Å². The molecular formula is C13H28O6SSi. The molecule has 6 nitrogen and oxygen atoms in total. The van der Waals surface area contributed by atoms with E-state index in [1.54, 1.807) is 0 Å². The van der Waals surface area contributed by atoms with Crippen LogP contribution >= 0.6 is 0 Å². The fourth-order valence-electron chi connectivity index (χ4n) is 2.54. The van der Waals surface area contributed by atoms with Gasteiger partial charge in [0.05, 0.1) is 5.75 Å². The minimum absolute atomic E-state index is 0.195. The third-order valence-electron chi connectivity index (χ3n) is 3.39. The summed E-state index contributed by atoms with van der Waals surface area (Å²) in [6, 6.07) is 0. The smallest absolute Gasteiger partial charge is 0.372 e. The first-order valence-electron chi connectivity index (χ1n) is 7.74. The van der Waals surface area contributed by atoms with Crippen molar-refractivity contribution in [2.24, 2.45) is 0 Å². The zero-order valence-corrected chi connectivity index (χ0v) is 15.3. The lowest BCUT2D eigenvalue weighted by atomic mass is 10.4. The molecule has 1 saturated heterocycles. The summed E-state index contributed by atoms with van der Waals surface area (Å²) in [5.41, 5.74) is -1.20. The lowest BCUT2D eigenvalue weighted by Gasteiger charge is -2.35. The molecule has 1 heterocycles. The van der Waals surface area contributed by atoms with Crippen molar-refractivity contribution in [2.75, 3.05) is 25.6 Å². The molecule has 0 saturated carbocycles. The summed E-state index contributed by atoms with van der Waals surface area (Å²) in [5, 5.41) is 0. The zero-order chi connectivity index (χ0) is 15.9. The minimum atomic E-state index is -3.16. The molecule has 0 bridgehead atoms. The van der Waals surface area contributed by atoms with Gasteiger partial charge in [0.2, 0.25) is 0 Å². The minimum Gasteiger partial charge on any atom is -0.372 e. The fraction of sp³-hybridized carbons (Fsp3) is 1.00. The van der Waals surface area contributed by atoms with Gasteiger partial charge in [0.25, 0.3) is 0 Å². The van der Waals surface area contributed by atoms with Gasteiger partial charge in [0, 0.05) is 19.8 Å². The van der Waals surface area contributed by atoms with Crippen molar-refractivity contribution in [3.05, 3.63) is 0 Å². The second-order valence-electron chi connectivity index (χ2n) is 4.87. The van der Waals surface area contributed by atoms with Crippen LogP contribution in [-0.4, -0.2) is 54.0 Å². The second kappa shape index (κ2) is 8.59. The van der Waals surface area contributed by atoms with Crippen molar-refractivity contribution in [3.63, 3.8) is 0 Å². The Bertz CT molecular complexity index is 382. The van der Waals surface area contributed by atoms with E-state index < -0.39 is 29.8 Å². The topological polar surface area (TPSA) is 71.1 Å². The zero-order valence-electron chi connectivity index (χ0n) is 13.5. The first kappa shape index (κ1) is 19.1. The maximum absolute atomic E-state index is 12.0. The van der Waals surface area contributed by atoms with Crippen LogP contribution in [0.2, 0.25) is 0 Å². The van der Waals surface area contributed by atoms with E-state index in [9.17, 15) is 8.42 Å². The highest BCUT2D eigenvalue weighted by Gasteiger charge is 2.52.